The summed E-state index contributed by atoms with van der Waals surface area (Å²) in [5, 5.41) is 0. The van der Waals surface area contributed by atoms with Gasteiger partial charge in [0.1, 0.15) is 5.69 Å². The molecule has 72 valence electrons. The van der Waals surface area contributed by atoms with Crippen molar-refractivity contribution < 1.29 is 8.78 Å². The Morgan fingerprint density at radius 1 is 1.38 bits per heavy atom. The van der Waals surface area contributed by atoms with Gasteiger partial charge in [-0.25, -0.2) is 8.78 Å². The number of hydrogen-bond donors (Lipinski definition) is 1. The Labute approximate surface area is 75.8 Å². The minimum atomic E-state index is -2.49. The van der Waals surface area contributed by atoms with E-state index >= 15 is 0 Å². The first kappa shape index (κ1) is 10.1. The lowest BCUT2D eigenvalue weighted by Gasteiger charge is -2.02. The summed E-state index contributed by atoms with van der Waals surface area (Å²) in [6.07, 6.45) is -1.05. The van der Waals surface area contributed by atoms with Crippen LogP contribution in [0.25, 0.3) is 0 Å². The van der Waals surface area contributed by atoms with Crippen LogP contribution in [-0.4, -0.2) is 11.5 Å². The quantitative estimate of drug-likeness (QED) is 0.780. The van der Waals surface area contributed by atoms with Crippen molar-refractivity contribution in [3.05, 3.63) is 29.6 Å². The number of aromatic nitrogens is 1. The topological polar surface area (TPSA) is 38.9 Å². The molecule has 0 fully saturated rings. The fourth-order valence-corrected chi connectivity index (χ4v) is 1.04. The average molecular weight is 186 g/mol. The highest BCUT2D eigenvalue weighted by molar-refractivity contribution is 5.12. The van der Waals surface area contributed by atoms with Crippen molar-refractivity contribution in [2.75, 3.05) is 6.54 Å². The number of pyridine rings is 1. The van der Waals surface area contributed by atoms with Crippen molar-refractivity contribution >= 4 is 0 Å². The van der Waals surface area contributed by atoms with Crippen LogP contribution < -0.4 is 5.73 Å². The molecule has 1 aromatic heterocycles. The predicted molar refractivity (Wildman–Crippen MR) is 46.6 cm³/mol. The maximum absolute atomic E-state index is 12.2. The van der Waals surface area contributed by atoms with Gasteiger partial charge >= 0.3 is 0 Å². The van der Waals surface area contributed by atoms with Crippen molar-refractivity contribution in [2.24, 2.45) is 5.73 Å². The van der Waals surface area contributed by atoms with Crippen molar-refractivity contribution in [3.8, 4) is 0 Å². The largest absolute Gasteiger partial charge is 0.330 e. The van der Waals surface area contributed by atoms with Gasteiger partial charge in [0.15, 0.2) is 0 Å². The molecule has 0 saturated heterocycles. The van der Waals surface area contributed by atoms with Crippen LogP contribution in [0.1, 0.15) is 24.2 Å². The Balaban J connectivity index is 2.68. The van der Waals surface area contributed by atoms with Gasteiger partial charge in [0.25, 0.3) is 6.43 Å². The van der Waals surface area contributed by atoms with E-state index in [2.05, 4.69) is 4.98 Å². The predicted octanol–water partition coefficient (Wildman–Crippen LogP) is 1.91. The summed E-state index contributed by atoms with van der Waals surface area (Å²) in [6.45, 7) is 0.556. The third-order valence-corrected chi connectivity index (χ3v) is 1.69. The van der Waals surface area contributed by atoms with Crippen LogP contribution in [0.4, 0.5) is 8.78 Å². The van der Waals surface area contributed by atoms with Gasteiger partial charge in [-0.15, -0.1) is 0 Å². The molecule has 0 saturated carbocycles. The maximum atomic E-state index is 12.2. The fourth-order valence-electron chi connectivity index (χ4n) is 1.04. The molecular formula is C9H12F2N2. The molecule has 13 heavy (non-hydrogen) atoms. The zero-order valence-corrected chi connectivity index (χ0v) is 7.21. The maximum Gasteiger partial charge on any atom is 0.280 e. The van der Waals surface area contributed by atoms with E-state index in [1.54, 1.807) is 12.1 Å². The second kappa shape index (κ2) is 4.87. The SMILES string of the molecule is NCCCc1cccc(C(F)F)n1. The third kappa shape index (κ3) is 3.06. The molecule has 0 aromatic carbocycles. The molecule has 0 unspecified atom stereocenters. The Morgan fingerprint density at radius 2 is 2.15 bits per heavy atom. The molecule has 4 heteroatoms. The van der Waals surface area contributed by atoms with Gasteiger partial charge < -0.3 is 5.73 Å². The normalized spacial score (nSPS) is 10.8. The number of alkyl halides is 2. The van der Waals surface area contributed by atoms with Crippen LogP contribution >= 0.6 is 0 Å². The lowest BCUT2D eigenvalue weighted by atomic mass is 10.2. The Morgan fingerprint density at radius 3 is 2.77 bits per heavy atom. The van der Waals surface area contributed by atoms with Gasteiger partial charge in [-0.2, -0.15) is 0 Å². The van der Waals surface area contributed by atoms with E-state index in [0.717, 1.165) is 6.42 Å². The van der Waals surface area contributed by atoms with Crippen molar-refractivity contribution in [2.45, 2.75) is 19.3 Å². The van der Waals surface area contributed by atoms with E-state index in [1.165, 1.54) is 6.07 Å². The summed E-state index contributed by atoms with van der Waals surface area (Å²) in [5.41, 5.74) is 5.82. The molecule has 0 atom stereocenters. The molecule has 2 N–H and O–H groups in total. The zero-order valence-electron chi connectivity index (χ0n) is 7.21. The first-order chi connectivity index (χ1) is 6.24. The number of nitrogens with zero attached hydrogens (tertiary/aromatic N) is 1. The third-order valence-electron chi connectivity index (χ3n) is 1.69. The standard InChI is InChI=1S/C9H12F2N2/c10-9(11)8-5-1-3-7(13-8)4-2-6-12/h1,3,5,9H,2,4,6,12H2. The summed E-state index contributed by atoms with van der Waals surface area (Å²) < 4.78 is 24.4. The van der Waals surface area contributed by atoms with Crippen LogP contribution in [0, 0.1) is 0 Å². The molecule has 1 heterocycles. The molecular weight excluding hydrogens is 174 g/mol. The molecule has 1 aromatic rings. The summed E-state index contributed by atoms with van der Waals surface area (Å²) in [5.74, 6) is 0. The summed E-state index contributed by atoms with van der Waals surface area (Å²) >= 11 is 0. The molecule has 0 amide bonds. The highest BCUT2D eigenvalue weighted by Gasteiger charge is 2.08. The molecule has 2 nitrogen and oxygen atoms in total. The second-order valence-electron chi connectivity index (χ2n) is 2.75. The smallest absolute Gasteiger partial charge is 0.280 e. The molecule has 0 spiro atoms. The Bertz CT molecular complexity index is 264. The fraction of sp³-hybridized carbons (Fsp3) is 0.444. The molecule has 1 rings (SSSR count). The van der Waals surface area contributed by atoms with Gasteiger partial charge in [-0.3, -0.25) is 4.98 Å². The first-order valence-electron chi connectivity index (χ1n) is 4.18. The van der Waals surface area contributed by atoms with Gasteiger partial charge in [-0.05, 0) is 31.5 Å². The molecule has 0 bridgehead atoms. The van der Waals surface area contributed by atoms with Gasteiger partial charge in [0, 0.05) is 5.69 Å². The minimum Gasteiger partial charge on any atom is -0.330 e. The average Bonchev–Trinajstić information content (AvgIpc) is 2.15. The van der Waals surface area contributed by atoms with E-state index < -0.39 is 6.43 Å². The van der Waals surface area contributed by atoms with Gasteiger partial charge in [0.2, 0.25) is 0 Å². The lowest BCUT2D eigenvalue weighted by molar-refractivity contribution is 0.146. The first-order valence-corrected chi connectivity index (χ1v) is 4.18. The van der Waals surface area contributed by atoms with Crippen LogP contribution in [-0.2, 0) is 6.42 Å². The summed E-state index contributed by atoms with van der Waals surface area (Å²) in [6, 6.07) is 4.67. The van der Waals surface area contributed by atoms with Crippen molar-refractivity contribution in [1.29, 1.82) is 0 Å². The zero-order chi connectivity index (χ0) is 9.68. The minimum absolute atomic E-state index is 0.158. The summed E-state index contributed by atoms with van der Waals surface area (Å²) in [7, 11) is 0. The number of aryl methyl sites for hydroxylation is 1. The van der Waals surface area contributed by atoms with Crippen LogP contribution in [0.2, 0.25) is 0 Å². The van der Waals surface area contributed by atoms with E-state index in [-0.39, 0.29) is 5.69 Å². The van der Waals surface area contributed by atoms with Gasteiger partial charge in [-0.1, -0.05) is 6.07 Å². The Kier molecular flexibility index (Phi) is 3.76. The van der Waals surface area contributed by atoms with E-state index in [9.17, 15) is 8.78 Å². The number of nitrogens with two attached hydrogens (primary N) is 1. The summed E-state index contributed by atoms with van der Waals surface area (Å²) in [4.78, 5) is 3.80. The molecule has 0 aliphatic heterocycles. The van der Waals surface area contributed by atoms with Crippen LogP contribution in [0.5, 0.6) is 0 Å². The number of halogens is 2. The molecule has 0 aliphatic carbocycles. The molecule has 0 aliphatic rings. The highest BCUT2D eigenvalue weighted by Crippen LogP contribution is 2.16. The number of rotatable bonds is 4. The van der Waals surface area contributed by atoms with E-state index in [4.69, 9.17) is 5.73 Å². The van der Waals surface area contributed by atoms with E-state index in [0.29, 0.717) is 18.7 Å². The monoisotopic (exact) mass is 186 g/mol. The van der Waals surface area contributed by atoms with Gasteiger partial charge in [0.05, 0.1) is 0 Å². The number of hydrogen-bond acceptors (Lipinski definition) is 2. The lowest BCUT2D eigenvalue weighted by Crippen LogP contribution is -2.02. The second-order valence-corrected chi connectivity index (χ2v) is 2.75. The Hall–Kier alpha value is -1.03. The van der Waals surface area contributed by atoms with Crippen LogP contribution in [0.3, 0.4) is 0 Å². The molecule has 0 radical (unpaired) electrons. The van der Waals surface area contributed by atoms with Crippen molar-refractivity contribution in [3.63, 3.8) is 0 Å². The van der Waals surface area contributed by atoms with E-state index in [1.807, 2.05) is 0 Å². The van der Waals surface area contributed by atoms with Crippen molar-refractivity contribution in [1.82, 2.24) is 4.98 Å². The highest BCUT2D eigenvalue weighted by atomic mass is 19.3. The van der Waals surface area contributed by atoms with Crippen LogP contribution in [0.15, 0.2) is 18.2 Å².